The van der Waals surface area contributed by atoms with Gasteiger partial charge in [0.25, 0.3) is 0 Å². The van der Waals surface area contributed by atoms with E-state index in [-0.39, 0.29) is 17.4 Å². The standard InChI is InChI=1S/C17H26N2O/c1-2-13-5-7-14(8-6-13)15(18)11-17(12-16(19)20)9-3-4-10-17/h5-8,15H,2-4,9-12,18H2,1H3,(H2,19,20). The molecule has 0 saturated heterocycles. The molecule has 20 heavy (non-hydrogen) atoms. The molecule has 1 atom stereocenters. The first-order valence-corrected chi connectivity index (χ1v) is 7.67. The number of carbonyl (C=O) groups excluding carboxylic acids is 1. The molecule has 0 spiro atoms. The van der Waals surface area contributed by atoms with Crippen molar-refractivity contribution in [1.29, 1.82) is 0 Å². The van der Waals surface area contributed by atoms with Gasteiger partial charge in [-0.05, 0) is 42.2 Å². The molecule has 1 amide bonds. The van der Waals surface area contributed by atoms with Crippen LogP contribution in [0.25, 0.3) is 0 Å². The summed E-state index contributed by atoms with van der Waals surface area (Å²) in [5, 5.41) is 0. The van der Waals surface area contributed by atoms with Crippen molar-refractivity contribution in [2.75, 3.05) is 0 Å². The summed E-state index contributed by atoms with van der Waals surface area (Å²) in [5.74, 6) is -0.194. The lowest BCUT2D eigenvalue weighted by Crippen LogP contribution is -2.29. The highest BCUT2D eigenvalue weighted by atomic mass is 16.1. The molecule has 0 radical (unpaired) electrons. The van der Waals surface area contributed by atoms with Gasteiger partial charge < -0.3 is 11.5 Å². The van der Waals surface area contributed by atoms with Gasteiger partial charge in [-0.3, -0.25) is 4.79 Å². The molecule has 0 aliphatic heterocycles. The van der Waals surface area contributed by atoms with Crippen LogP contribution in [-0.4, -0.2) is 5.91 Å². The van der Waals surface area contributed by atoms with Gasteiger partial charge >= 0.3 is 0 Å². The van der Waals surface area contributed by atoms with E-state index in [1.807, 2.05) is 0 Å². The molecule has 0 bridgehead atoms. The summed E-state index contributed by atoms with van der Waals surface area (Å²) in [7, 11) is 0. The summed E-state index contributed by atoms with van der Waals surface area (Å²) >= 11 is 0. The molecule has 0 heterocycles. The molecule has 3 heteroatoms. The van der Waals surface area contributed by atoms with E-state index in [1.54, 1.807) is 0 Å². The van der Waals surface area contributed by atoms with Crippen molar-refractivity contribution in [3.05, 3.63) is 35.4 Å². The first kappa shape index (κ1) is 15.0. The molecule has 0 aromatic heterocycles. The lowest BCUT2D eigenvalue weighted by atomic mass is 9.76. The third kappa shape index (κ3) is 3.60. The van der Waals surface area contributed by atoms with Crippen LogP contribution in [-0.2, 0) is 11.2 Å². The van der Waals surface area contributed by atoms with Gasteiger partial charge in [0, 0.05) is 12.5 Å². The Kier molecular flexibility index (Phi) is 4.81. The SMILES string of the molecule is CCc1ccc(C(N)CC2(CC(N)=O)CCCC2)cc1. The van der Waals surface area contributed by atoms with Crippen LogP contribution >= 0.6 is 0 Å². The number of benzene rings is 1. The fourth-order valence-electron chi connectivity index (χ4n) is 3.53. The van der Waals surface area contributed by atoms with Crippen LogP contribution in [0.4, 0.5) is 0 Å². The Hall–Kier alpha value is -1.35. The van der Waals surface area contributed by atoms with E-state index in [9.17, 15) is 4.79 Å². The van der Waals surface area contributed by atoms with Crippen LogP contribution in [0, 0.1) is 5.41 Å². The van der Waals surface area contributed by atoms with Gasteiger partial charge in [-0.2, -0.15) is 0 Å². The summed E-state index contributed by atoms with van der Waals surface area (Å²) in [6.07, 6.45) is 6.92. The highest BCUT2D eigenvalue weighted by molar-refractivity contribution is 5.74. The maximum atomic E-state index is 11.3. The van der Waals surface area contributed by atoms with Crippen LogP contribution < -0.4 is 11.5 Å². The van der Waals surface area contributed by atoms with Crippen LogP contribution in [0.2, 0.25) is 0 Å². The zero-order valence-electron chi connectivity index (χ0n) is 12.4. The van der Waals surface area contributed by atoms with Crippen molar-refractivity contribution in [1.82, 2.24) is 0 Å². The van der Waals surface area contributed by atoms with Gasteiger partial charge in [0.2, 0.25) is 5.91 Å². The molecule has 3 nitrogen and oxygen atoms in total. The Morgan fingerprint density at radius 2 is 1.85 bits per heavy atom. The highest BCUT2D eigenvalue weighted by Gasteiger charge is 2.36. The second-order valence-corrected chi connectivity index (χ2v) is 6.26. The molecular weight excluding hydrogens is 248 g/mol. The molecule has 4 N–H and O–H groups in total. The number of amides is 1. The van der Waals surface area contributed by atoms with Crippen LogP contribution in [0.5, 0.6) is 0 Å². The van der Waals surface area contributed by atoms with Crippen molar-refractivity contribution in [3.8, 4) is 0 Å². The fourth-order valence-corrected chi connectivity index (χ4v) is 3.53. The molecule has 1 saturated carbocycles. The number of primary amides is 1. The van der Waals surface area contributed by atoms with Gasteiger partial charge in [-0.25, -0.2) is 0 Å². The number of nitrogens with two attached hydrogens (primary N) is 2. The monoisotopic (exact) mass is 274 g/mol. The average Bonchev–Trinajstić information content (AvgIpc) is 2.86. The van der Waals surface area contributed by atoms with Crippen molar-refractivity contribution < 1.29 is 4.79 Å². The molecule has 110 valence electrons. The van der Waals surface area contributed by atoms with E-state index in [0.717, 1.165) is 31.2 Å². The molecule has 1 aromatic rings. The van der Waals surface area contributed by atoms with E-state index >= 15 is 0 Å². The molecule has 1 aliphatic carbocycles. The predicted octanol–water partition coefficient (Wildman–Crippen LogP) is 3.07. The van der Waals surface area contributed by atoms with Crippen LogP contribution in [0.15, 0.2) is 24.3 Å². The van der Waals surface area contributed by atoms with E-state index < -0.39 is 0 Å². The summed E-state index contributed by atoms with van der Waals surface area (Å²) in [6.45, 7) is 2.15. The normalized spacial score (nSPS) is 18.9. The zero-order valence-corrected chi connectivity index (χ0v) is 12.4. The molecule has 1 aliphatic rings. The second-order valence-electron chi connectivity index (χ2n) is 6.26. The first-order chi connectivity index (χ1) is 9.54. The van der Waals surface area contributed by atoms with Gasteiger partial charge in [-0.15, -0.1) is 0 Å². The zero-order chi connectivity index (χ0) is 14.6. The van der Waals surface area contributed by atoms with Crippen molar-refractivity contribution in [3.63, 3.8) is 0 Å². The quantitative estimate of drug-likeness (QED) is 0.837. The fraction of sp³-hybridized carbons (Fsp3) is 0.588. The molecule has 1 unspecified atom stereocenters. The largest absolute Gasteiger partial charge is 0.370 e. The van der Waals surface area contributed by atoms with E-state index in [2.05, 4.69) is 31.2 Å². The Labute approximate surface area is 121 Å². The highest BCUT2D eigenvalue weighted by Crippen LogP contribution is 2.46. The minimum absolute atomic E-state index is 0.00152. The maximum Gasteiger partial charge on any atom is 0.217 e. The van der Waals surface area contributed by atoms with Gasteiger partial charge in [0.1, 0.15) is 0 Å². The van der Waals surface area contributed by atoms with E-state index in [0.29, 0.717) is 6.42 Å². The number of hydrogen-bond donors (Lipinski definition) is 2. The first-order valence-electron chi connectivity index (χ1n) is 7.67. The summed E-state index contributed by atoms with van der Waals surface area (Å²) in [6, 6.07) is 8.53. The van der Waals surface area contributed by atoms with Crippen molar-refractivity contribution >= 4 is 5.91 Å². The lowest BCUT2D eigenvalue weighted by molar-refractivity contribution is -0.120. The van der Waals surface area contributed by atoms with Crippen LogP contribution in [0.1, 0.15) is 62.6 Å². The van der Waals surface area contributed by atoms with E-state index in [1.165, 1.54) is 18.4 Å². The second kappa shape index (κ2) is 6.40. The third-order valence-corrected chi connectivity index (χ3v) is 4.68. The van der Waals surface area contributed by atoms with Gasteiger partial charge in [0.15, 0.2) is 0 Å². The number of aryl methyl sites for hydroxylation is 1. The number of carbonyl (C=O) groups is 1. The lowest BCUT2D eigenvalue weighted by Gasteiger charge is -2.31. The topological polar surface area (TPSA) is 69.1 Å². The molecule has 1 fully saturated rings. The van der Waals surface area contributed by atoms with E-state index in [4.69, 9.17) is 11.5 Å². The summed E-state index contributed by atoms with van der Waals surface area (Å²) in [5.41, 5.74) is 14.3. The Bertz CT molecular complexity index is 447. The predicted molar refractivity (Wildman–Crippen MR) is 82.1 cm³/mol. The summed E-state index contributed by atoms with van der Waals surface area (Å²) < 4.78 is 0. The van der Waals surface area contributed by atoms with Crippen molar-refractivity contribution in [2.45, 2.75) is 57.9 Å². The third-order valence-electron chi connectivity index (χ3n) is 4.68. The maximum absolute atomic E-state index is 11.3. The minimum atomic E-state index is -0.194. The smallest absolute Gasteiger partial charge is 0.217 e. The van der Waals surface area contributed by atoms with Gasteiger partial charge in [0.05, 0.1) is 0 Å². The van der Waals surface area contributed by atoms with Crippen LogP contribution in [0.3, 0.4) is 0 Å². The molecule has 2 rings (SSSR count). The summed E-state index contributed by atoms with van der Waals surface area (Å²) in [4.78, 5) is 11.3. The number of rotatable bonds is 6. The Morgan fingerprint density at radius 3 is 2.35 bits per heavy atom. The molecule has 1 aromatic carbocycles. The average molecular weight is 274 g/mol. The van der Waals surface area contributed by atoms with Crippen molar-refractivity contribution in [2.24, 2.45) is 16.9 Å². The minimum Gasteiger partial charge on any atom is -0.370 e. The van der Waals surface area contributed by atoms with Gasteiger partial charge in [-0.1, -0.05) is 44.0 Å². The molecular formula is C17H26N2O. The Balaban J connectivity index is 2.07. The Morgan fingerprint density at radius 1 is 1.25 bits per heavy atom. The number of hydrogen-bond acceptors (Lipinski definition) is 2.